The summed E-state index contributed by atoms with van der Waals surface area (Å²) in [5.74, 6) is -0.596. The number of carbonyl (C=O) groups excluding carboxylic acids is 2. The van der Waals surface area contributed by atoms with Crippen molar-refractivity contribution in [1.82, 2.24) is 0 Å². The van der Waals surface area contributed by atoms with Gasteiger partial charge < -0.3 is 4.74 Å². The molecule has 0 saturated heterocycles. The molecular formula is C15H20O3. The second-order valence-corrected chi connectivity index (χ2v) is 5.48. The number of esters is 1. The molecule has 0 N–H and O–H groups in total. The zero-order valence-corrected chi connectivity index (χ0v) is 11.7. The summed E-state index contributed by atoms with van der Waals surface area (Å²) in [6.45, 7) is 9.27. The van der Waals surface area contributed by atoms with Gasteiger partial charge in [0.05, 0.1) is 0 Å². The van der Waals surface area contributed by atoms with Crippen molar-refractivity contribution in [1.29, 1.82) is 0 Å². The van der Waals surface area contributed by atoms with Crippen LogP contribution in [0, 0.1) is 6.92 Å². The number of aryl methyl sites for hydroxylation is 1. The summed E-state index contributed by atoms with van der Waals surface area (Å²) in [6, 6.07) is 5.85. The van der Waals surface area contributed by atoms with Crippen LogP contribution in [-0.4, -0.2) is 18.4 Å². The number of ether oxygens (including phenoxy) is 1. The van der Waals surface area contributed by atoms with Gasteiger partial charge in [0, 0.05) is 12.5 Å². The highest BCUT2D eigenvalue weighted by Crippen LogP contribution is 2.24. The lowest BCUT2D eigenvalue weighted by Crippen LogP contribution is -2.16. The quantitative estimate of drug-likeness (QED) is 0.610. The maximum atomic E-state index is 12.0. The molecule has 0 spiro atoms. The van der Waals surface area contributed by atoms with Crippen LogP contribution in [0.25, 0.3) is 0 Å². The van der Waals surface area contributed by atoms with E-state index in [1.807, 2.05) is 25.1 Å². The van der Waals surface area contributed by atoms with Gasteiger partial charge in [0.2, 0.25) is 5.78 Å². The van der Waals surface area contributed by atoms with E-state index in [1.165, 1.54) is 6.92 Å². The Morgan fingerprint density at radius 3 is 2.33 bits per heavy atom. The second kappa shape index (κ2) is 5.34. The summed E-state index contributed by atoms with van der Waals surface area (Å²) in [4.78, 5) is 22.7. The smallest absolute Gasteiger partial charge is 0.303 e. The van der Waals surface area contributed by atoms with E-state index in [9.17, 15) is 9.59 Å². The van der Waals surface area contributed by atoms with E-state index < -0.39 is 5.97 Å². The van der Waals surface area contributed by atoms with Crippen LogP contribution in [-0.2, 0) is 14.9 Å². The monoisotopic (exact) mass is 248 g/mol. The maximum absolute atomic E-state index is 12.0. The summed E-state index contributed by atoms with van der Waals surface area (Å²) >= 11 is 0. The number of hydrogen-bond acceptors (Lipinski definition) is 3. The Bertz CT molecular complexity index is 467. The van der Waals surface area contributed by atoms with E-state index in [4.69, 9.17) is 4.74 Å². The number of rotatable bonds is 3. The largest absolute Gasteiger partial charge is 0.457 e. The highest BCUT2D eigenvalue weighted by Gasteiger charge is 2.17. The van der Waals surface area contributed by atoms with Crippen LogP contribution >= 0.6 is 0 Å². The van der Waals surface area contributed by atoms with E-state index in [2.05, 4.69) is 20.8 Å². The number of benzene rings is 1. The molecule has 1 rings (SSSR count). The zero-order chi connectivity index (χ0) is 13.9. The molecule has 0 aliphatic carbocycles. The molecule has 0 amide bonds. The van der Waals surface area contributed by atoms with Gasteiger partial charge in [0.25, 0.3) is 0 Å². The maximum Gasteiger partial charge on any atom is 0.303 e. The van der Waals surface area contributed by atoms with Crippen LogP contribution in [0.4, 0.5) is 0 Å². The molecule has 0 aromatic heterocycles. The molecule has 3 heteroatoms. The van der Waals surface area contributed by atoms with Gasteiger partial charge in [0.15, 0.2) is 6.61 Å². The van der Waals surface area contributed by atoms with Crippen molar-refractivity contribution < 1.29 is 14.3 Å². The van der Waals surface area contributed by atoms with E-state index >= 15 is 0 Å². The van der Waals surface area contributed by atoms with E-state index in [0.717, 1.165) is 11.1 Å². The van der Waals surface area contributed by atoms with E-state index in [-0.39, 0.29) is 17.8 Å². The fraction of sp³-hybridized carbons (Fsp3) is 0.467. The summed E-state index contributed by atoms with van der Waals surface area (Å²) < 4.78 is 4.75. The predicted molar refractivity (Wildman–Crippen MR) is 70.8 cm³/mol. The van der Waals surface area contributed by atoms with Gasteiger partial charge in [-0.2, -0.15) is 0 Å². The molecule has 1 aromatic rings. The first-order valence-electron chi connectivity index (χ1n) is 5.99. The average molecular weight is 248 g/mol. The van der Waals surface area contributed by atoms with Crippen LogP contribution in [0.5, 0.6) is 0 Å². The van der Waals surface area contributed by atoms with Gasteiger partial charge in [0.1, 0.15) is 0 Å². The van der Waals surface area contributed by atoms with Gasteiger partial charge in [-0.25, -0.2) is 0 Å². The Morgan fingerprint density at radius 1 is 1.22 bits per heavy atom. The molecule has 0 saturated carbocycles. The molecule has 3 nitrogen and oxygen atoms in total. The lowest BCUT2D eigenvalue weighted by atomic mass is 9.85. The minimum atomic E-state index is -0.437. The highest BCUT2D eigenvalue weighted by molar-refractivity contribution is 5.99. The molecule has 0 bridgehead atoms. The van der Waals surface area contributed by atoms with Crippen LogP contribution in [0.1, 0.15) is 49.2 Å². The number of hydrogen-bond donors (Lipinski definition) is 0. The van der Waals surface area contributed by atoms with Gasteiger partial charge >= 0.3 is 5.97 Å². The van der Waals surface area contributed by atoms with E-state index in [1.54, 1.807) is 0 Å². The van der Waals surface area contributed by atoms with Crippen molar-refractivity contribution in [2.24, 2.45) is 0 Å². The van der Waals surface area contributed by atoms with Crippen molar-refractivity contribution in [3.8, 4) is 0 Å². The van der Waals surface area contributed by atoms with Gasteiger partial charge in [-0.15, -0.1) is 0 Å². The summed E-state index contributed by atoms with van der Waals surface area (Å²) in [6.07, 6.45) is 0. The van der Waals surface area contributed by atoms with Crippen molar-refractivity contribution in [2.45, 2.75) is 40.0 Å². The molecule has 98 valence electrons. The fourth-order valence-electron chi connectivity index (χ4n) is 1.63. The standard InChI is InChI=1S/C15H20O3/c1-10-6-7-12(15(3,4)5)8-13(10)14(17)9-18-11(2)16/h6-8H,9H2,1-5H3. The third-order valence-corrected chi connectivity index (χ3v) is 2.81. The number of ketones is 1. The summed E-state index contributed by atoms with van der Waals surface area (Å²) in [7, 11) is 0. The zero-order valence-electron chi connectivity index (χ0n) is 11.7. The normalized spacial score (nSPS) is 11.2. The first kappa shape index (κ1) is 14.4. The van der Waals surface area contributed by atoms with Crippen LogP contribution in [0.15, 0.2) is 18.2 Å². The lowest BCUT2D eigenvalue weighted by Gasteiger charge is -2.20. The lowest BCUT2D eigenvalue weighted by molar-refractivity contribution is -0.139. The molecule has 18 heavy (non-hydrogen) atoms. The number of carbonyl (C=O) groups is 2. The van der Waals surface area contributed by atoms with Crippen LogP contribution < -0.4 is 0 Å². The van der Waals surface area contributed by atoms with Crippen LogP contribution in [0.3, 0.4) is 0 Å². The minimum Gasteiger partial charge on any atom is -0.457 e. The molecule has 0 fully saturated rings. The molecular weight excluding hydrogens is 228 g/mol. The Hall–Kier alpha value is -1.64. The third kappa shape index (κ3) is 3.69. The summed E-state index contributed by atoms with van der Waals surface area (Å²) in [5, 5.41) is 0. The molecule has 0 unspecified atom stereocenters. The van der Waals surface area contributed by atoms with Gasteiger partial charge in [-0.05, 0) is 29.5 Å². The van der Waals surface area contributed by atoms with Crippen LogP contribution in [0.2, 0.25) is 0 Å². The summed E-state index contributed by atoms with van der Waals surface area (Å²) in [5.41, 5.74) is 2.62. The van der Waals surface area contributed by atoms with Crippen molar-refractivity contribution in [3.63, 3.8) is 0 Å². The van der Waals surface area contributed by atoms with E-state index in [0.29, 0.717) is 5.56 Å². The average Bonchev–Trinajstić information content (AvgIpc) is 2.24. The first-order valence-corrected chi connectivity index (χ1v) is 5.99. The molecule has 0 heterocycles. The molecule has 0 radical (unpaired) electrons. The minimum absolute atomic E-state index is 0.00976. The Morgan fingerprint density at radius 2 is 1.83 bits per heavy atom. The second-order valence-electron chi connectivity index (χ2n) is 5.48. The van der Waals surface area contributed by atoms with Crippen molar-refractivity contribution in [2.75, 3.05) is 6.61 Å². The molecule has 0 aliphatic rings. The molecule has 0 aliphatic heterocycles. The topological polar surface area (TPSA) is 43.4 Å². The van der Waals surface area contributed by atoms with Gasteiger partial charge in [-0.3, -0.25) is 9.59 Å². The Labute approximate surface area is 108 Å². The number of Topliss-reactive ketones (excluding diaryl/α,β-unsaturated/α-hetero) is 1. The predicted octanol–water partition coefficient (Wildman–Crippen LogP) is 3.04. The first-order chi connectivity index (χ1) is 8.21. The fourth-order valence-corrected chi connectivity index (χ4v) is 1.63. The Balaban J connectivity index is 3.01. The SMILES string of the molecule is CC(=O)OCC(=O)c1cc(C(C)(C)C)ccc1C. The van der Waals surface area contributed by atoms with Crippen molar-refractivity contribution >= 4 is 11.8 Å². The third-order valence-electron chi connectivity index (χ3n) is 2.81. The van der Waals surface area contributed by atoms with Gasteiger partial charge in [-0.1, -0.05) is 32.9 Å². The molecule has 0 atom stereocenters. The highest BCUT2D eigenvalue weighted by atomic mass is 16.5. The molecule has 1 aromatic carbocycles. The Kier molecular flexibility index (Phi) is 4.28. The van der Waals surface area contributed by atoms with Crippen molar-refractivity contribution in [3.05, 3.63) is 34.9 Å².